The third-order valence-corrected chi connectivity index (χ3v) is 3.24. The number of aromatic amines is 1. The summed E-state index contributed by atoms with van der Waals surface area (Å²) in [5.74, 6) is 0. The molecule has 0 aliphatic rings. The molecule has 0 aliphatic heterocycles. The standard InChI is InChI=1S/C10H9N5S/c1-5-7-4-6(2-3-8(7)13-12-5)9-14-15-10(11)16-9/h2-4H,1H3,(H2,11,15)(H,12,13). The zero-order valence-corrected chi connectivity index (χ0v) is 9.38. The van der Waals surface area contributed by atoms with Crippen LogP contribution in [0.5, 0.6) is 0 Å². The summed E-state index contributed by atoms with van der Waals surface area (Å²) >= 11 is 1.38. The fourth-order valence-corrected chi connectivity index (χ4v) is 2.24. The van der Waals surface area contributed by atoms with Gasteiger partial charge in [-0.3, -0.25) is 5.10 Å². The molecule has 0 amide bonds. The van der Waals surface area contributed by atoms with Gasteiger partial charge in [-0.15, -0.1) is 10.2 Å². The van der Waals surface area contributed by atoms with Crippen LogP contribution in [0.4, 0.5) is 5.13 Å². The quantitative estimate of drug-likeness (QED) is 0.671. The number of aromatic nitrogens is 4. The van der Waals surface area contributed by atoms with E-state index in [9.17, 15) is 0 Å². The Bertz CT molecular complexity index is 654. The molecule has 80 valence electrons. The summed E-state index contributed by atoms with van der Waals surface area (Å²) in [6, 6.07) is 6.02. The number of hydrogen-bond acceptors (Lipinski definition) is 5. The highest BCUT2D eigenvalue weighted by molar-refractivity contribution is 7.18. The van der Waals surface area contributed by atoms with Crippen LogP contribution in [0, 0.1) is 6.92 Å². The van der Waals surface area contributed by atoms with Crippen LogP contribution in [0.2, 0.25) is 0 Å². The highest BCUT2D eigenvalue weighted by atomic mass is 32.1. The minimum atomic E-state index is 0.485. The maximum absolute atomic E-state index is 5.56. The molecule has 0 spiro atoms. The number of aryl methyl sites for hydroxylation is 1. The molecule has 0 bridgehead atoms. The second-order valence-corrected chi connectivity index (χ2v) is 4.52. The molecule has 0 atom stereocenters. The number of H-pyrrole nitrogens is 1. The van der Waals surface area contributed by atoms with Crippen molar-refractivity contribution in [3.8, 4) is 10.6 Å². The van der Waals surface area contributed by atoms with Crippen LogP contribution in [-0.4, -0.2) is 20.4 Å². The molecule has 2 heterocycles. The maximum atomic E-state index is 5.56. The predicted molar refractivity (Wildman–Crippen MR) is 64.1 cm³/mol. The van der Waals surface area contributed by atoms with Crippen molar-refractivity contribution in [1.82, 2.24) is 20.4 Å². The normalized spacial score (nSPS) is 11.1. The highest BCUT2D eigenvalue weighted by Gasteiger charge is 2.07. The lowest BCUT2D eigenvalue weighted by Crippen LogP contribution is -1.80. The predicted octanol–water partition coefficient (Wildman–Crippen LogP) is 1.97. The molecule has 3 rings (SSSR count). The van der Waals surface area contributed by atoms with Crippen LogP contribution in [-0.2, 0) is 0 Å². The van der Waals surface area contributed by atoms with Crippen LogP contribution < -0.4 is 5.73 Å². The summed E-state index contributed by atoms with van der Waals surface area (Å²) in [5.41, 5.74) is 8.59. The van der Waals surface area contributed by atoms with Gasteiger partial charge in [-0.1, -0.05) is 11.3 Å². The first-order valence-electron chi connectivity index (χ1n) is 4.78. The molecule has 5 nitrogen and oxygen atoms in total. The molecule has 1 aromatic carbocycles. The first-order chi connectivity index (χ1) is 7.74. The highest BCUT2D eigenvalue weighted by Crippen LogP contribution is 2.28. The molecular formula is C10H9N5S. The third-order valence-electron chi connectivity index (χ3n) is 2.44. The van der Waals surface area contributed by atoms with E-state index in [-0.39, 0.29) is 0 Å². The van der Waals surface area contributed by atoms with Crippen molar-refractivity contribution in [2.45, 2.75) is 6.92 Å². The third kappa shape index (κ3) is 1.35. The van der Waals surface area contributed by atoms with Crippen LogP contribution in [0.15, 0.2) is 18.2 Å². The zero-order chi connectivity index (χ0) is 11.1. The summed E-state index contributed by atoms with van der Waals surface area (Å²) in [5, 5.41) is 17.4. The van der Waals surface area contributed by atoms with Gasteiger partial charge in [0.05, 0.1) is 11.2 Å². The molecule has 2 aromatic heterocycles. The van der Waals surface area contributed by atoms with Gasteiger partial charge in [-0.05, 0) is 25.1 Å². The van der Waals surface area contributed by atoms with Crippen molar-refractivity contribution in [2.75, 3.05) is 5.73 Å². The summed E-state index contributed by atoms with van der Waals surface area (Å²) in [7, 11) is 0. The molecule has 3 N–H and O–H groups in total. The molecule has 16 heavy (non-hydrogen) atoms. The fraction of sp³-hybridized carbons (Fsp3) is 0.100. The number of anilines is 1. The summed E-state index contributed by atoms with van der Waals surface area (Å²) in [6.45, 7) is 1.97. The Morgan fingerprint density at radius 3 is 2.94 bits per heavy atom. The van der Waals surface area contributed by atoms with Crippen molar-refractivity contribution >= 4 is 27.4 Å². The molecule has 0 fully saturated rings. The molecule has 0 unspecified atom stereocenters. The first-order valence-corrected chi connectivity index (χ1v) is 5.60. The number of fused-ring (bicyclic) bond motifs is 1. The van der Waals surface area contributed by atoms with Crippen molar-refractivity contribution in [1.29, 1.82) is 0 Å². The van der Waals surface area contributed by atoms with Crippen LogP contribution in [0.25, 0.3) is 21.5 Å². The second-order valence-electron chi connectivity index (χ2n) is 3.51. The van der Waals surface area contributed by atoms with E-state index in [1.165, 1.54) is 11.3 Å². The Balaban J connectivity index is 2.21. The molecule has 0 aliphatic carbocycles. The van der Waals surface area contributed by atoms with Crippen molar-refractivity contribution < 1.29 is 0 Å². The largest absolute Gasteiger partial charge is 0.374 e. The van der Waals surface area contributed by atoms with E-state index in [2.05, 4.69) is 20.4 Å². The Hall–Kier alpha value is -1.95. The number of hydrogen-bond donors (Lipinski definition) is 2. The summed E-state index contributed by atoms with van der Waals surface area (Å²) < 4.78 is 0. The lowest BCUT2D eigenvalue weighted by Gasteiger charge is -1.95. The molecule has 3 aromatic rings. The number of nitrogens with one attached hydrogen (secondary N) is 1. The minimum Gasteiger partial charge on any atom is -0.374 e. The van der Waals surface area contributed by atoms with Crippen LogP contribution in [0.3, 0.4) is 0 Å². The van der Waals surface area contributed by atoms with Gasteiger partial charge in [0.25, 0.3) is 0 Å². The Morgan fingerprint density at radius 1 is 1.31 bits per heavy atom. The van der Waals surface area contributed by atoms with E-state index in [0.29, 0.717) is 5.13 Å². The van der Waals surface area contributed by atoms with Gasteiger partial charge in [0.2, 0.25) is 5.13 Å². The fourth-order valence-electron chi connectivity index (χ4n) is 1.63. The van der Waals surface area contributed by atoms with E-state index in [4.69, 9.17) is 5.73 Å². The topological polar surface area (TPSA) is 80.5 Å². The molecule has 0 radical (unpaired) electrons. The number of nitrogen functional groups attached to an aromatic ring is 1. The summed E-state index contributed by atoms with van der Waals surface area (Å²) in [6.07, 6.45) is 0. The van der Waals surface area contributed by atoms with Crippen molar-refractivity contribution in [3.05, 3.63) is 23.9 Å². The van der Waals surface area contributed by atoms with Gasteiger partial charge in [-0.2, -0.15) is 5.10 Å². The monoisotopic (exact) mass is 231 g/mol. The number of benzene rings is 1. The molecule has 0 saturated carbocycles. The van der Waals surface area contributed by atoms with Crippen LogP contribution >= 0.6 is 11.3 Å². The minimum absolute atomic E-state index is 0.485. The van der Waals surface area contributed by atoms with Crippen molar-refractivity contribution in [3.63, 3.8) is 0 Å². The van der Waals surface area contributed by atoms with Gasteiger partial charge in [0, 0.05) is 10.9 Å². The van der Waals surface area contributed by atoms with Crippen LogP contribution in [0.1, 0.15) is 5.69 Å². The van der Waals surface area contributed by atoms with E-state index in [1.807, 2.05) is 25.1 Å². The van der Waals surface area contributed by atoms with Gasteiger partial charge in [0.1, 0.15) is 5.01 Å². The molecule has 0 saturated heterocycles. The lowest BCUT2D eigenvalue weighted by molar-refractivity contribution is 1.07. The van der Waals surface area contributed by atoms with Gasteiger partial charge in [-0.25, -0.2) is 0 Å². The van der Waals surface area contributed by atoms with Crippen molar-refractivity contribution in [2.24, 2.45) is 0 Å². The van der Waals surface area contributed by atoms with Gasteiger partial charge in [0.15, 0.2) is 0 Å². The van der Waals surface area contributed by atoms with Gasteiger partial charge < -0.3 is 5.73 Å². The zero-order valence-electron chi connectivity index (χ0n) is 8.56. The SMILES string of the molecule is Cc1n[nH]c2ccc(-c3nnc(N)s3)cc12. The van der Waals surface area contributed by atoms with E-state index < -0.39 is 0 Å². The second kappa shape index (κ2) is 3.28. The first kappa shape index (κ1) is 9.29. The van der Waals surface area contributed by atoms with E-state index >= 15 is 0 Å². The average Bonchev–Trinajstić information content (AvgIpc) is 2.86. The van der Waals surface area contributed by atoms with E-state index in [0.717, 1.165) is 27.2 Å². The smallest absolute Gasteiger partial charge is 0.203 e. The van der Waals surface area contributed by atoms with Gasteiger partial charge >= 0.3 is 0 Å². The molecule has 6 heteroatoms. The Labute approximate surface area is 95.3 Å². The molecular weight excluding hydrogens is 222 g/mol. The summed E-state index contributed by atoms with van der Waals surface area (Å²) in [4.78, 5) is 0. The van der Waals surface area contributed by atoms with E-state index in [1.54, 1.807) is 0 Å². The number of nitrogens with two attached hydrogens (primary N) is 1. The maximum Gasteiger partial charge on any atom is 0.203 e. The average molecular weight is 231 g/mol. The Morgan fingerprint density at radius 2 is 2.19 bits per heavy atom. The lowest BCUT2D eigenvalue weighted by atomic mass is 10.1. The number of rotatable bonds is 1. The Kier molecular flexibility index (Phi) is 1.90. The number of nitrogens with zero attached hydrogens (tertiary/aromatic N) is 3.